The van der Waals surface area contributed by atoms with Gasteiger partial charge in [-0.3, -0.25) is 0 Å². The Labute approximate surface area is 173 Å². The number of rotatable bonds is 10. The Bertz CT molecular complexity index is 749. The predicted molar refractivity (Wildman–Crippen MR) is 114 cm³/mol. The van der Waals surface area contributed by atoms with Gasteiger partial charge in [0.05, 0.1) is 0 Å². The standard InChI is InChI=1S/C24H33FN2O2/c1-27(21-10-3-2-4-11-21)17-22(28)18-29-23-12-7-8-19(14-23)15-26-16-20-9-5-6-13-24(20)25/h5-9,12-14,21-22,26,28H,2-4,10-11,15-18H2,1H3/t22-/m1/s1. The van der Waals surface area contributed by atoms with Crippen molar-refractivity contribution in [2.75, 3.05) is 20.2 Å². The lowest BCUT2D eigenvalue weighted by Gasteiger charge is -2.32. The second-order valence-corrected chi connectivity index (χ2v) is 8.04. The van der Waals surface area contributed by atoms with Gasteiger partial charge in [-0.1, -0.05) is 49.6 Å². The van der Waals surface area contributed by atoms with Gasteiger partial charge in [0.25, 0.3) is 0 Å². The molecule has 5 heteroatoms. The molecule has 0 bridgehead atoms. The maximum Gasteiger partial charge on any atom is 0.127 e. The SMILES string of the molecule is CN(C[C@@H](O)COc1cccc(CNCc2ccccc2F)c1)C1CCCCC1. The molecule has 2 aromatic carbocycles. The van der Waals surface area contributed by atoms with E-state index >= 15 is 0 Å². The van der Waals surface area contributed by atoms with Gasteiger partial charge >= 0.3 is 0 Å². The fraction of sp³-hybridized carbons (Fsp3) is 0.500. The monoisotopic (exact) mass is 400 g/mol. The zero-order valence-electron chi connectivity index (χ0n) is 17.3. The lowest BCUT2D eigenvalue weighted by Crippen LogP contribution is -2.40. The molecule has 2 aromatic rings. The molecule has 2 N–H and O–H groups in total. The highest BCUT2D eigenvalue weighted by atomic mass is 19.1. The van der Waals surface area contributed by atoms with Crippen molar-refractivity contribution in [1.29, 1.82) is 0 Å². The summed E-state index contributed by atoms with van der Waals surface area (Å²) in [5.74, 6) is 0.554. The molecular weight excluding hydrogens is 367 g/mol. The number of aliphatic hydroxyl groups is 1. The summed E-state index contributed by atoms with van der Waals surface area (Å²) in [6.45, 7) is 2.01. The van der Waals surface area contributed by atoms with E-state index in [1.54, 1.807) is 12.1 Å². The van der Waals surface area contributed by atoms with Crippen molar-refractivity contribution in [3.8, 4) is 5.75 Å². The summed E-state index contributed by atoms with van der Waals surface area (Å²) in [7, 11) is 2.10. The van der Waals surface area contributed by atoms with E-state index in [2.05, 4.69) is 17.3 Å². The number of nitrogens with zero attached hydrogens (tertiary/aromatic N) is 1. The molecule has 0 aliphatic heterocycles. The Morgan fingerprint density at radius 2 is 1.90 bits per heavy atom. The van der Waals surface area contributed by atoms with Crippen LogP contribution < -0.4 is 10.1 Å². The quantitative estimate of drug-likeness (QED) is 0.630. The van der Waals surface area contributed by atoms with E-state index in [9.17, 15) is 9.50 Å². The Balaban J connectivity index is 1.41. The number of aliphatic hydroxyl groups excluding tert-OH is 1. The van der Waals surface area contributed by atoms with Crippen LogP contribution in [0.1, 0.15) is 43.2 Å². The van der Waals surface area contributed by atoms with E-state index in [0.717, 1.165) is 11.3 Å². The zero-order chi connectivity index (χ0) is 20.5. The van der Waals surface area contributed by atoms with Gasteiger partial charge in [0.2, 0.25) is 0 Å². The molecule has 1 fully saturated rings. The number of hydrogen-bond acceptors (Lipinski definition) is 4. The summed E-state index contributed by atoms with van der Waals surface area (Å²) >= 11 is 0. The van der Waals surface area contributed by atoms with Crippen LogP contribution in [0, 0.1) is 5.82 Å². The van der Waals surface area contributed by atoms with Gasteiger partial charge in [-0.2, -0.15) is 0 Å². The number of benzene rings is 2. The van der Waals surface area contributed by atoms with Crippen molar-refractivity contribution in [3.63, 3.8) is 0 Å². The smallest absolute Gasteiger partial charge is 0.127 e. The Hall–Kier alpha value is -1.95. The maximum atomic E-state index is 13.7. The van der Waals surface area contributed by atoms with Crippen LogP contribution in [0.5, 0.6) is 5.75 Å². The summed E-state index contributed by atoms with van der Waals surface area (Å²) in [6, 6.07) is 15.2. The highest BCUT2D eigenvalue weighted by Gasteiger charge is 2.20. The largest absolute Gasteiger partial charge is 0.491 e. The van der Waals surface area contributed by atoms with Crippen molar-refractivity contribution in [2.24, 2.45) is 0 Å². The summed E-state index contributed by atoms with van der Waals surface area (Å²) in [5, 5.41) is 13.6. The number of nitrogens with one attached hydrogen (secondary N) is 1. The second kappa shape index (κ2) is 11.3. The molecule has 1 aliphatic rings. The fourth-order valence-electron chi connectivity index (χ4n) is 3.98. The number of hydrogen-bond donors (Lipinski definition) is 2. The lowest BCUT2D eigenvalue weighted by molar-refractivity contribution is 0.0561. The van der Waals surface area contributed by atoms with Crippen LogP contribution >= 0.6 is 0 Å². The van der Waals surface area contributed by atoms with Crippen molar-refractivity contribution >= 4 is 0 Å². The van der Waals surface area contributed by atoms with Crippen LogP contribution in [0.2, 0.25) is 0 Å². The zero-order valence-corrected chi connectivity index (χ0v) is 17.3. The average molecular weight is 401 g/mol. The van der Waals surface area contributed by atoms with Crippen LogP contribution in [-0.2, 0) is 13.1 Å². The molecule has 0 aromatic heterocycles. The van der Waals surface area contributed by atoms with Crippen LogP contribution in [0.3, 0.4) is 0 Å². The molecule has 158 valence electrons. The first-order valence-electron chi connectivity index (χ1n) is 10.7. The molecular formula is C24H33FN2O2. The third kappa shape index (κ3) is 7.11. The molecule has 1 aliphatic carbocycles. The highest BCUT2D eigenvalue weighted by molar-refractivity contribution is 5.28. The number of likely N-dealkylation sites (N-methyl/N-ethyl adjacent to an activating group) is 1. The molecule has 29 heavy (non-hydrogen) atoms. The predicted octanol–water partition coefficient (Wildman–Crippen LogP) is 4.12. The lowest BCUT2D eigenvalue weighted by atomic mass is 9.94. The maximum absolute atomic E-state index is 13.7. The molecule has 0 unspecified atom stereocenters. The van der Waals surface area contributed by atoms with Crippen LogP contribution in [0.4, 0.5) is 4.39 Å². The molecule has 0 radical (unpaired) electrons. The van der Waals surface area contributed by atoms with Crippen molar-refractivity contribution in [2.45, 2.75) is 57.3 Å². The normalized spacial score (nSPS) is 16.1. The Kier molecular flexibility index (Phi) is 8.47. The van der Waals surface area contributed by atoms with Gasteiger partial charge in [0.15, 0.2) is 0 Å². The van der Waals surface area contributed by atoms with E-state index in [1.165, 1.54) is 38.2 Å². The van der Waals surface area contributed by atoms with Crippen LogP contribution in [-0.4, -0.2) is 42.4 Å². The molecule has 4 nitrogen and oxygen atoms in total. The highest BCUT2D eigenvalue weighted by Crippen LogP contribution is 2.22. The van der Waals surface area contributed by atoms with Crippen molar-refractivity contribution in [1.82, 2.24) is 10.2 Å². The van der Waals surface area contributed by atoms with E-state index in [4.69, 9.17) is 4.74 Å². The molecule has 0 spiro atoms. The van der Waals surface area contributed by atoms with Gasteiger partial charge < -0.3 is 20.1 Å². The molecule has 1 saturated carbocycles. The first kappa shape index (κ1) is 21.8. The Morgan fingerprint density at radius 1 is 1.10 bits per heavy atom. The van der Waals surface area contributed by atoms with Crippen LogP contribution in [0.25, 0.3) is 0 Å². The third-order valence-electron chi connectivity index (χ3n) is 5.64. The van der Waals surface area contributed by atoms with E-state index in [0.29, 0.717) is 31.2 Å². The van der Waals surface area contributed by atoms with E-state index < -0.39 is 6.10 Å². The summed E-state index contributed by atoms with van der Waals surface area (Å²) in [4.78, 5) is 2.27. The molecule has 1 atom stereocenters. The topological polar surface area (TPSA) is 44.7 Å². The minimum atomic E-state index is -0.509. The third-order valence-corrected chi connectivity index (χ3v) is 5.64. The van der Waals surface area contributed by atoms with Crippen LogP contribution in [0.15, 0.2) is 48.5 Å². The van der Waals surface area contributed by atoms with Gasteiger partial charge in [-0.15, -0.1) is 0 Å². The first-order chi connectivity index (χ1) is 14.1. The van der Waals surface area contributed by atoms with E-state index in [1.807, 2.05) is 30.3 Å². The van der Waals surface area contributed by atoms with Crippen molar-refractivity contribution < 1.29 is 14.2 Å². The van der Waals surface area contributed by atoms with E-state index in [-0.39, 0.29) is 12.4 Å². The summed E-state index contributed by atoms with van der Waals surface area (Å²) in [6.07, 6.45) is 5.86. The molecule has 0 amide bonds. The fourth-order valence-corrected chi connectivity index (χ4v) is 3.98. The summed E-state index contributed by atoms with van der Waals surface area (Å²) < 4.78 is 19.5. The minimum Gasteiger partial charge on any atom is -0.491 e. The van der Waals surface area contributed by atoms with Crippen molar-refractivity contribution in [3.05, 3.63) is 65.5 Å². The van der Waals surface area contributed by atoms with Gasteiger partial charge in [0, 0.05) is 31.2 Å². The first-order valence-corrected chi connectivity index (χ1v) is 10.7. The minimum absolute atomic E-state index is 0.190. The molecule has 0 heterocycles. The van der Waals surface area contributed by atoms with Gasteiger partial charge in [-0.05, 0) is 43.7 Å². The second-order valence-electron chi connectivity index (χ2n) is 8.04. The Morgan fingerprint density at radius 3 is 2.69 bits per heavy atom. The average Bonchev–Trinajstić information content (AvgIpc) is 2.74. The summed E-state index contributed by atoms with van der Waals surface area (Å²) in [5.41, 5.74) is 1.72. The molecule has 3 rings (SSSR count). The number of halogens is 1. The molecule has 0 saturated heterocycles. The van der Waals surface area contributed by atoms with Gasteiger partial charge in [-0.25, -0.2) is 4.39 Å². The number of ether oxygens (including phenoxy) is 1. The van der Waals surface area contributed by atoms with Gasteiger partial charge in [0.1, 0.15) is 24.3 Å².